The van der Waals surface area contributed by atoms with Crippen molar-refractivity contribution in [2.75, 3.05) is 26.8 Å². The number of ether oxygens (including phenoxy) is 2. The van der Waals surface area contributed by atoms with Gasteiger partial charge in [0, 0.05) is 26.0 Å². The number of carbonyl (C=O) groups is 1. The summed E-state index contributed by atoms with van der Waals surface area (Å²) < 4.78 is 16.2. The standard InChI is InChI=1S/C17H21ClN2O4/c1-3-22-14-6-4-5-7-15(14)23-11-10-20(2)17(21)9-8-13-12-16(18)19-24-13/h4-7,12H,3,8-11H2,1-2H3. The Morgan fingerprint density at radius 1 is 1.29 bits per heavy atom. The number of likely N-dealkylation sites (N-methyl/N-ethyl adjacent to an activating group) is 1. The number of benzene rings is 1. The second-order valence-electron chi connectivity index (χ2n) is 5.16. The van der Waals surface area contributed by atoms with Crippen LogP contribution in [0.2, 0.25) is 5.15 Å². The van der Waals surface area contributed by atoms with Gasteiger partial charge >= 0.3 is 0 Å². The molecule has 0 saturated heterocycles. The van der Waals surface area contributed by atoms with Crippen molar-refractivity contribution < 1.29 is 18.8 Å². The predicted molar refractivity (Wildman–Crippen MR) is 90.6 cm³/mol. The molecule has 2 rings (SSSR count). The van der Waals surface area contributed by atoms with Gasteiger partial charge in [-0.25, -0.2) is 0 Å². The Balaban J connectivity index is 1.74. The van der Waals surface area contributed by atoms with Crippen LogP contribution >= 0.6 is 11.6 Å². The van der Waals surface area contributed by atoms with Crippen molar-refractivity contribution in [3.63, 3.8) is 0 Å². The van der Waals surface area contributed by atoms with E-state index in [-0.39, 0.29) is 5.91 Å². The lowest BCUT2D eigenvalue weighted by molar-refractivity contribution is -0.130. The molecule has 0 atom stereocenters. The number of nitrogens with zero attached hydrogens (tertiary/aromatic N) is 2. The summed E-state index contributed by atoms with van der Waals surface area (Å²) in [5.74, 6) is 1.99. The molecule has 6 nitrogen and oxygen atoms in total. The van der Waals surface area contributed by atoms with Crippen molar-refractivity contribution in [1.82, 2.24) is 10.1 Å². The molecule has 1 heterocycles. The molecule has 0 radical (unpaired) electrons. The van der Waals surface area contributed by atoms with Gasteiger partial charge in [0.25, 0.3) is 0 Å². The number of hydrogen-bond acceptors (Lipinski definition) is 5. The molecular weight excluding hydrogens is 332 g/mol. The molecule has 0 unspecified atom stereocenters. The fraction of sp³-hybridized carbons (Fsp3) is 0.412. The molecule has 0 aliphatic rings. The Bertz CT molecular complexity index is 660. The van der Waals surface area contributed by atoms with Crippen molar-refractivity contribution in [2.24, 2.45) is 0 Å². The van der Waals surface area contributed by atoms with E-state index in [1.165, 1.54) is 0 Å². The average molecular weight is 353 g/mol. The van der Waals surface area contributed by atoms with Gasteiger partial charge in [0.15, 0.2) is 16.7 Å². The van der Waals surface area contributed by atoms with E-state index in [9.17, 15) is 4.79 Å². The van der Waals surface area contributed by atoms with Crippen LogP contribution in [-0.4, -0.2) is 42.8 Å². The van der Waals surface area contributed by atoms with Gasteiger partial charge in [0.1, 0.15) is 12.4 Å². The molecule has 7 heteroatoms. The van der Waals surface area contributed by atoms with E-state index in [0.717, 1.165) is 0 Å². The summed E-state index contributed by atoms with van der Waals surface area (Å²) in [7, 11) is 1.74. The average Bonchev–Trinajstić information content (AvgIpc) is 2.99. The highest BCUT2D eigenvalue weighted by atomic mass is 35.5. The first-order valence-corrected chi connectivity index (χ1v) is 8.17. The molecule has 0 saturated carbocycles. The fourth-order valence-electron chi connectivity index (χ4n) is 2.09. The van der Waals surface area contributed by atoms with Crippen molar-refractivity contribution in [1.29, 1.82) is 0 Å². The fourth-order valence-corrected chi connectivity index (χ4v) is 2.24. The van der Waals surface area contributed by atoms with Gasteiger partial charge in [0.05, 0.1) is 13.2 Å². The van der Waals surface area contributed by atoms with Gasteiger partial charge in [-0.1, -0.05) is 28.9 Å². The number of aryl methyl sites for hydroxylation is 1. The zero-order valence-corrected chi connectivity index (χ0v) is 14.6. The molecule has 0 spiro atoms. The van der Waals surface area contributed by atoms with E-state index >= 15 is 0 Å². The Morgan fingerprint density at radius 3 is 2.62 bits per heavy atom. The summed E-state index contributed by atoms with van der Waals surface area (Å²) in [6.07, 6.45) is 0.800. The van der Waals surface area contributed by atoms with E-state index < -0.39 is 0 Å². The van der Waals surface area contributed by atoms with Crippen LogP contribution in [0, 0.1) is 0 Å². The SMILES string of the molecule is CCOc1ccccc1OCCN(C)C(=O)CCc1cc(Cl)no1. The molecule has 1 aromatic carbocycles. The van der Waals surface area contributed by atoms with E-state index in [0.29, 0.717) is 55.0 Å². The molecular formula is C17H21ClN2O4. The molecule has 0 fully saturated rings. The largest absolute Gasteiger partial charge is 0.490 e. The number of halogens is 1. The number of amides is 1. The van der Waals surface area contributed by atoms with Crippen LogP contribution in [0.5, 0.6) is 11.5 Å². The minimum atomic E-state index is 0.00390. The van der Waals surface area contributed by atoms with Gasteiger partial charge < -0.3 is 18.9 Å². The predicted octanol–water partition coefficient (Wildman–Crippen LogP) is 3.20. The molecule has 0 aliphatic carbocycles. The van der Waals surface area contributed by atoms with Gasteiger partial charge in [-0.2, -0.15) is 0 Å². The van der Waals surface area contributed by atoms with Crippen molar-refractivity contribution in [3.8, 4) is 11.5 Å². The lowest BCUT2D eigenvalue weighted by atomic mass is 10.2. The first-order chi connectivity index (χ1) is 11.6. The summed E-state index contributed by atoms with van der Waals surface area (Å²) in [5.41, 5.74) is 0. The van der Waals surface area contributed by atoms with Gasteiger partial charge in [0.2, 0.25) is 5.91 Å². The van der Waals surface area contributed by atoms with Crippen LogP contribution in [0.1, 0.15) is 19.1 Å². The van der Waals surface area contributed by atoms with Crippen LogP contribution in [-0.2, 0) is 11.2 Å². The Morgan fingerprint density at radius 2 is 2.00 bits per heavy atom. The summed E-state index contributed by atoms with van der Waals surface area (Å²) in [6, 6.07) is 9.10. The zero-order valence-electron chi connectivity index (χ0n) is 13.8. The summed E-state index contributed by atoms with van der Waals surface area (Å²) in [4.78, 5) is 13.7. The van der Waals surface area contributed by atoms with Crippen molar-refractivity contribution >= 4 is 17.5 Å². The van der Waals surface area contributed by atoms with Crippen LogP contribution in [0.3, 0.4) is 0 Å². The Labute approximate surface area is 146 Å². The smallest absolute Gasteiger partial charge is 0.222 e. The van der Waals surface area contributed by atoms with Crippen LogP contribution in [0.4, 0.5) is 0 Å². The van der Waals surface area contributed by atoms with Gasteiger partial charge in [-0.15, -0.1) is 0 Å². The van der Waals surface area contributed by atoms with Gasteiger partial charge in [-0.05, 0) is 19.1 Å². The molecule has 0 aliphatic heterocycles. The highest BCUT2D eigenvalue weighted by Crippen LogP contribution is 2.26. The van der Waals surface area contributed by atoms with E-state index in [4.69, 9.17) is 25.6 Å². The number of para-hydroxylation sites is 2. The molecule has 24 heavy (non-hydrogen) atoms. The molecule has 130 valence electrons. The third kappa shape index (κ3) is 5.45. The number of rotatable bonds is 9. The van der Waals surface area contributed by atoms with Gasteiger partial charge in [-0.3, -0.25) is 4.79 Å². The Hall–Kier alpha value is -2.21. The maximum absolute atomic E-state index is 12.1. The monoisotopic (exact) mass is 352 g/mol. The lowest BCUT2D eigenvalue weighted by Crippen LogP contribution is -2.31. The van der Waals surface area contributed by atoms with E-state index in [1.807, 2.05) is 31.2 Å². The van der Waals surface area contributed by atoms with Crippen molar-refractivity contribution in [2.45, 2.75) is 19.8 Å². The van der Waals surface area contributed by atoms with E-state index in [1.54, 1.807) is 18.0 Å². The van der Waals surface area contributed by atoms with E-state index in [2.05, 4.69) is 5.16 Å². The maximum Gasteiger partial charge on any atom is 0.222 e. The van der Waals surface area contributed by atoms with Crippen LogP contribution in [0.15, 0.2) is 34.9 Å². The molecule has 0 bridgehead atoms. The first-order valence-electron chi connectivity index (χ1n) is 7.79. The highest BCUT2D eigenvalue weighted by molar-refractivity contribution is 6.29. The summed E-state index contributed by atoms with van der Waals surface area (Å²) >= 11 is 5.67. The third-order valence-corrected chi connectivity index (χ3v) is 3.55. The summed E-state index contributed by atoms with van der Waals surface area (Å²) in [5, 5.41) is 3.88. The Kier molecular flexibility index (Phi) is 6.93. The topological polar surface area (TPSA) is 64.8 Å². The zero-order chi connectivity index (χ0) is 17.4. The molecule has 2 aromatic rings. The van der Waals surface area contributed by atoms with Crippen LogP contribution in [0.25, 0.3) is 0 Å². The number of carbonyl (C=O) groups excluding carboxylic acids is 1. The first kappa shape index (κ1) is 18.1. The highest BCUT2D eigenvalue weighted by Gasteiger charge is 2.12. The minimum absolute atomic E-state index is 0.00390. The second-order valence-corrected chi connectivity index (χ2v) is 5.55. The van der Waals surface area contributed by atoms with Crippen molar-refractivity contribution in [3.05, 3.63) is 41.2 Å². The minimum Gasteiger partial charge on any atom is -0.490 e. The molecule has 1 aromatic heterocycles. The van der Waals surface area contributed by atoms with Crippen LogP contribution < -0.4 is 9.47 Å². The lowest BCUT2D eigenvalue weighted by Gasteiger charge is -2.18. The number of hydrogen-bond donors (Lipinski definition) is 0. The quantitative estimate of drug-likeness (QED) is 0.693. The normalized spacial score (nSPS) is 10.5. The maximum atomic E-state index is 12.1. The second kappa shape index (κ2) is 9.17. The molecule has 1 amide bonds. The summed E-state index contributed by atoms with van der Waals surface area (Å²) in [6.45, 7) is 3.37. The number of aromatic nitrogens is 1. The third-order valence-electron chi connectivity index (χ3n) is 3.37. The molecule has 0 N–H and O–H groups in total.